The van der Waals surface area contributed by atoms with E-state index in [1.807, 2.05) is 0 Å². The van der Waals surface area contributed by atoms with Crippen molar-refractivity contribution >= 4 is 29.2 Å². The van der Waals surface area contributed by atoms with Gasteiger partial charge in [-0.05, 0) is 48.4 Å². The van der Waals surface area contributed by atoms with E-state index in [-0.39, 0.29) is 39.2 Å². The normalized spacial score (nSPS) is 10.4. The van der Waals surface area contributed by atoms with Gasteiger partial charge < -0.3 is 15.5 Å². The Morgan fingerprint density at radius 1 is 0.935 bits per heavy atom. The van der Waals surface area contributed by atoms with Gasteiger partial charge in [-0.25, -0.2) is 9.59 Å². The third-order valence-corrected chi connectivity index (χ3v) is 4.68. The molecule has 3 aromatic rings. The summed E-state index contributed by atoms with van der Waals surface area (Å²) in [5, 5.41) is 33.0. The number of carbonyl (C=O) groups is 3. The minimum Gasteiger partial charge on any atom is -0.478 e. The Hall–Kier alpha value is -4.53. The van der Waals surface area contributed by atoms with Gasteiger partial charge >= 0.3 is 11.9 Å². The molecule has 0 saturated carbocycles. The lowest BCUT2D eigenvalue weighted by Crippen LogP contribution is -2.17. The molecule has 1 amide bonds. The second-order valence-corrected chi connectivity index (χ2v) is 6.58. The Morgan fingerprint density at radius 2 is 1.55 bits per heavy atom. The van der Waals surface area contributed by atoms with Crippen LogP contribution in [0.5, 0.6) is 0 Å². The van der Waals surface area contributed by atoms with Gasteiger partial charge in [0.2, 0.25) is 0 Å². The van der Waals surface area contributed by atoms with Crippen molar-refractivity contribution in [2.24, 2.45) is 0 Å². The van der Waals surface area contributed by atoms with Crippen LogP contribution in [0.3, 0.4) is 0 Å². The van der Waals surface area contributed by atoms with Crippen LogP contribution < -0.4 is 5.32 Å². The Balaban J connectivity index is 2.19. The highest BCUT2D eigenvalue weighted by Gasteiger charge is 2.26. The zero-order valence-electron chi connectivity index (χ0n) is 16.2. The number of hydrogen-bond donors (Lipinski definition) is 3. The topological polar surface area (TPSA) is 147 Å². The van der Waals surface area contributed by atoms with E-state index in [0.29, 0.717) is 5.56 Å². The Kier molecular flexibility index (Phi) is 5.78. The van der Waals surface area contributed by atoms with E-state index in [2.05, 4.69) is 5.32 Å². The fraction of sp³-hybridized carbons (Fsp3) is 0.0455. The van der Waals surface area contributed by atoms with E-state index in [1.165, 1.54) is 25.1 Å². The van der Waals surface area contributed by atoms with E-state index in [1.54, 1.807) is 30.3 Å². The number of carboxylic acid groups (broad SMARTS) is 2. The molecule has 9 heteroatoms. The molecular weight excluding hydrogens is 404 g/mol. The van der Waals surface area contributed by atoms with E-state index in [0.717, 1.165) is 12.1 Å². The molecule has 0 heterocycles. The Bertz CT molecular complexity index is 1200. The fourth-order valence-electron chi connectivity index (χ4n) is 3.18. The van der Waals surface area contributed by atoms with E-state index >= 15 is 0 Å². The lowest BCUT2D eigenvalue weighted by atomic mass is 9.89. The molecule has 0 unspecified atom stereocenters. The molecule has 0 aliphatic heterocycles. The van der Waals surface area contributed by atoms with Crippen molar-refractivity contribution in [2.45, 2.75) is 6.92 Å². The van der Waals surface area contributed by atoms with Gasteiger partial charge in [-0.3, -0.25) is 14.9 Å². The average Bonchev–Trinajstić information content (AvgIpc) is 2.74. The average molecular weight is 420 g/mol. The maximum atomic E-state index is 12.5. The number of rotatable bonds is 6. The Morgan fingerprint density at radius 3 is 2.06 bits per heavy atom. The summed E-state index contributed by atoms with van der Waals surface area (Å²) in [5.74, 6) is -3.34. The van der Waals surface area contributed by atoms with Gasteiger partial charge in [0.25, 0.3) is 11.6 Å². The number of hydrogen-bond acceptors (Lipinski definition) is 5. The highest BCUT2D eigenvalue weighted by atomic mass is 16.6. The molecule has 0 aliphatic rings. The molecule has 0 fully saturated rings. The quantitative estimate of drug-likeness (QED) is 0.399. The summed E-state index contributed by atoms with van der Waals surface area (Å²) in [6.07, 6.45) is 0. The van der Waals surface area contributed by atoms with Gasteiger partial charge in [0, 0.05) is 28.9 Å². The van der Waals surface area contributed by atoms with Crippen molar-refractivity contribution in [3.05, 3.63) is 93.0 Å². The van der Waals surface area contributed by atoms with Gasteiger partial charge in [0.05, 0.1) is 16.1 Å². The molecule has 0 bridgehead atoms. The summed E-state index contributed by atoms with van der Waals surface area (Å²) >= 11 is 0. The maximum Gasteiger partial charge on any atom is 0.336 e. The summed E-state index contributed by atoms with van der Waals surface area (Å²) in [6.45, 7) is 1.45. The first kappa shape index (κ1) is 21.2. The number of carbonyl (C=O) groups excluding carboxylic acids is 1. The molecule has 9 nitrogen and oxygen atoms in total. The molecule has 3 rings (SSSR count). The fourth-order valence-corrected chi connectivity index (χ4v) is 3.18. The predicted molar refractivity (Wildman–Crippen MR) is 112 cm³/mol. The summed E-state index contributed by atoms with van der Waals surface area (Å²) in [6, 6.07) is 14.2. The number of amides is 1. The van der Waals surface area contributed by atoms with Crippen molar-refractivity contribution in [1.29, 1.82) is 0 Å². The summed E-state index contributed by atoms with van der Waals surface area (Å²) in [7, 11) is 0. The highest BCUT2D eigenvalue weighted by Crippen LogP contribution is 2.35. The SMILES string of the molecule is Cc1c(NC(=O)c2ccccc2)cc(C(=O)O)c(-c2ccc([N+](=O)[O-])cc2)c1C(=O)O. The first-order valence-corrected chi connectivity index (χ1v) is 8.96. The number of aromatic carboxylic acids is 2. The predicted octanol–water partition coefficient (Wildman–Crippen LogP) is 4.22. The second kappa shape index (κ2) is 8.46. The minimum absolute atomic E-state index is 0.0364. The lowest BCUT2D eigenvalue weighted by molar-refractivity contribution is -0.384. The van der Waals surface area contributed by atoms with Crippen LogP contribution in [0.4, 0.5) is 11.4 Å². The van der Waals surface area contributed by atoms with Crippen LogP contribution in [0.2, 0.25) is 0 Å². The van der Waals surface area contributed by atoms with Crippen molar-refractivity contribution in [1.82, 2.24) is 0 Å². The standard InChI is InChI=1S/C22H16N2O7/c1-12-17(23-20(25)14-5-3-2-4-6-14)11-16(21(26)27)19(18(12)22(28)29)13-7-9-15(10-8-13)24(30)31/h2-11H,1H3,(H,23,25)(H,26,27)(H,28,29). The van der Waals surface area contributed by atoms with Crippen LogP contribution in [0.15, 0.2) is 60.7 Å². The maximum absolute atomic E-state index is 12.5. The third-order valence-electron chi connectivity index (χ3n) is 4.68. The van der Waals surface area contributed by atoms with Crippen LogP contribution in [0.25, 0.3) is 11.1 Å². The van der Waals surface area contributed by atoms with E-state index in [4.69, 9.17) is 0 Å². The number of nitro groups is 1. The molecule has 156 valence electrons. The van der Waals surface area contributed by atoms with Gasteiger partial charge in [0.1, 0.15) is 0 Å². The highest BCUT2D eigenvalue weighted by molar-refractivity contribution is 6.10. The van der Waals surface area contributed by atoms with Gasteiger partial charge in [-0.15, -0.1) is 0 Å². The number of benzene rings is 3. The number of non-ortho nitro benzene ring substituents is 1. The number of nitro benzene ring substituents is 1. The van der Waals surface area contributed by atoms with Crippen molar-refractivity contribution in [3.8, 4) is 11.1 Å². The first-order valence-electron chi connectivity index (χ1n) is 8.96. The molecule has 0 radical (unpaired) electrons. The molecule has 0 atom stereocenters. The van der Waals surface area contributed by atoms with Crippen LogP contribution in [0, 0.1) is 17.0 Å². The smallest absolute Gasteiger partial charge is 0.336 e. The van der Waals surface area contributed by atoms with Crippen LogP contribution in [0.1, 0.15) is 36.6 Å². The molecule has 0 aromatic heterocycles. The monoisotopic (exact) mass is 420 g/mol. The van der Waals surface area contributed by atoms with Crippen molar-refractivity contribution in [3.63, 3.8) is 0 Å². The summed E-state index contributed by atoms with van der Waals surface area (Å²) in [5.41, 5.74) is -0.326. The molecule has 0 spiro atoms. The molecule has 0 aliphatic carbocycles. The Labute approximate surface area is 175 Å². The van der Waals surface area contributed by atoms with E-state index < -0.39 is 22.8 Å². The van der Waals surface area contributed by atoms with Gasteiger partial charge in [-0.2, -0.15) is 0 Å². The number of nitrogens with zero attached hydrogens (tertiary/aromatic N) is 1. The summed E-state index contributed by atoms with van der Waals surface area (Å²) < 4.78 is 0. The molecule has 0 saturated heterocycles. The number of carboxylic acids is 2. The zero-order valence-corrected chi connectivity index (χ0v) is 16.2. The minimum atomic E-state index is -1.41. The van der Waals surface area contributed by atoms with Crippen LogP contribution >= 0.6 is 0 Å². The second-order valence-electron chi connectivity index (χ2n) is 6.58. The molecule has 3 aromatic carbocycles. The zero-order chi connectivity index (χ0) is 22.7. The largest absolute Gasteiger partial charge is 0.478 e. The number of anilines is 1. The molecular formula is C22H16N2O7. The lowest BCUT2D eigenvalue weighted by Gasteiger charge is -2.17. The first-order chi connectivity index (χ1) is 14.7. The van der Waals surface area contributed by atoms with Gasteiger partial charge in [0.15, 0.2) is 0 Å². The summed E-state index contributed by atoms with van der Waals surface area (Å²) in [4.78, 5) is 46.8. The van der Waals surface area contributed by atoms with Crippen LogP contribution in [-0.4, -0.2) is 33.0 Å². The third kappa shape index (κ3) is 4.25. The van der Waals surface area contributed by atoms with Crippen molar-refractivity contribution < 1.29 is 29.5 Å². The number of nitrogens with one attached hydrogen (secondary N) is 1. The van der Waals surface area contributed by atoms with Crippen molar-refractivity contribution in [2.75, 3.05) is 5.32 Å². The van der Waals surface area contributed by atoms with Gasteiger partial charge in [-0.1, -0.05) is 18.2 Å². The van der Waals surface area contributed by atoms with Crippen LogP contribution in [-0.2, 0) is 0 Å². The van der Waals surface area contributed by atoms with E-state index in [9.17, 15) is 34.7 Å². The molecule has 3 N–H and O–H groups in total. The molecule has 31 heavy (non-hydrogen) atoms.